The van der Waals surface area contributed by atoms with Gasteiger partial charge in [0.15, 0.2) is 0 Å². The normalized spacial score (nSPS) is 21.4. The highest BCUT2D eigenvalue weighted by Crippen LogP contribution is 2.23. The van der Waals surface area contributed by atoms with Crippen molar-refractivity contribution in [1.82, 2.24) is 19.4 Å². The van der Waals surface area contributed by atoms with Crippen molar-refractivity contribution in [3.8, 4) is 0 Å². The van der Waals surface area contributed by atoms with Crippen molar-refractivity contribution in [1.29, 1.82) is 0 Å². The number of nitrogens with zero attached hydrogens (tertiary/aromatic N) is 4. The van der Waals surface area contributed by atoms with E-state index in [9.17, 15) is 4.79 Å². The molecule has 0 aliphatic carbocycles. The lowest BCUT2D eigenvalue weighted by Crippen LogP contribution is -2.49. The van der Waals surface area contributed by atoms with Gasteiger partial charge in [-0.2, -0.15) is 0 Å². The zero-order valence-corrected chi connectivity index (χ0v) is 17.7. The maximum absolute atomic E-state index is 13.4. The number of methoxy groups -OCH3 is 1. The average molecular weight is 399 g/mol. The van der Waals surface area contributed by atoms with E-state index in [2.05, 4.69) is 19.4 Å². The molecule has 0 unspecified atom stereocenters. The Kier molecular flexibility index (Phi) is 6.82. The van der Waals surface area contributed by atoms with Gasteiger partial charge in [0.2, 0.25) is 0 Å². The Hall–Kier alpha value is -1.92. The van der Waals surface area contributed by atoms with Crippen molar-refractivity contribution in [3.05, 3.63) is 30.1 Å². The van der Waals surface area contributed by atoms with Crippen LogP contribution in [-0.4, -0.2) is 71.2 Å². The maximum Gasteiger partial charge on any atom is 0.254 e. The summed E-state index contributed by atoms with van der Waals surface area (Å²) in [4.78, 5) is 22.6. The molecule has 3 heterocycles. The van der Waals surface area contributed by atoms with Crippen LogP contribution in [0.25, 0.3) is 11.0 Å². The van der Waals surface area contributed by atoms with E-state index < -0.39 is 0 Å². The highest BCUT2D eigenvalue weighted by atomic mass is 16.5. The molecule has 2 aliphatic heterocycles. The molecule has 2 saturated heterocycles. The molecule has 158 valence electrons. The molecule has 2 aliphatic rings. The number of aromatic nitrogens is 2. The van der Waals surface area contributed by atoms with Gasteiger partial charge < -0.3 is 19.1 Å². The number of rotatable bonds is 6. The summed E-state index contributed by atoms with van der Waals surface area (Å²) in [5.41, 5.74) is 2.70. The van der Waals surface area contributed by atoms with E-state index in [0.717, 1.165) is 49.1 Å². The Morgan fingerprint density at radius 3 is 2.69 bits per heavy atom. The van der Waals surface area contributed by atoms with Crippen LogP contribution < -0.4 is 0 Å². The third-order valence-electron chi connectivity index (χ3n) is 6.46. The Balaban J connectivity index is 1.48. The fourth-order valence-electron chi connectivity index (χ4n) is 4.81. The molecule has 6 nitrogen and oxygen atoms in total. The van der Waals surface area contributed by atoms with Gasteiger partial charge in [-0.05, 0) is 63.4 Å². The Bertz CT molecular complexity index is 810. The van der Waals surface area contributed by atoms with Crippen LogP contribution in [0.1, 0.15) is 55.3 Å². The van der Waals surface area contributed by atoms with Gasteiger partial charge in [0.05, 0.1) is 24.0 Å². The first-order valence-corrected chi connectivity index (χ1v) is 11.2. The van der Waals surface area contributed by atoms with Crippen LogP contribution in [0.5, 0.6) is 0 Å². The van der Waals surface area contributed by atoms with Gasteiger partial charge in [0.25, 0.3) is 5.91 Å². The van der Waals surface area contributed by atoms with E-state index >= 15 is 0 Å². The Morgan fingerprint density at radius 1 is 1.10 bits per heavy atom. The van der Waals surface area contributed by atoms with Crippen molar-refractivity contribution in [2.75, 3.05) is 39.9 Å². The number of carbonyl (C=O) groups is 1. The lowest BCUT2D eigenvalue weighted by molar-refractivity contribution is 0.0547. The van der Waals surface area contributed by atoms with Crippen molar-refractivity contribution in [2.24, 2.45) is 0 Å². The van der Waals surface area contributed by atoms with E-state index in [4.69, 9.17) is 4.74 Å². The average Bonchev–Trinajstić information content (AvgIpc) is 2.98. The molecule has 0 N–H and O–H groups in total. The van der Waals surface area contributed by atoms with Gasteiger partial charge in [-0.15, -0.1) is 0 Å². The molecule has 0 spiro atoms. The van der Waals surface area contributed by atoms with Crippen LogP contribution in [0.4, 0.5) is 0 Å². The van der Waals surface area contributed by atoms with Crippen molar-refractivity contribution < 1.29 is 9.53 Å². The van der Waals surface area contributed by atoms with Crippen LogP contribution in [0.3, 0.4) is 0 Å². The Morgan fingerprint density at radius 2 is 1.90 bits per heavy atom. The molecule has 4 rings (SSSR count). The van der Waals surface area contributed by atoms with Gasteiger partial charge in [0, 0.05) is 38.3 Å². The smallest absolute Gasteiger partial charge is 0.254 e. The monoisotopic (exact) mass is 398 g/mol. The molecule has 1 aromatic heterocycles. The maximum atomic E-state index is 13.4. The molecular weight excluding hydrogens is 364 g/mol. The molecule has 0 saturated carbocycles. The SMILES string of the molecule is COCCn1cnc2cc(C(=O)N3CCCC[C@H]3CN3CCCCCC3)ccc21. The van der Waals surface area contributed by atoms with Gasteiger partial charge in [-0.1, -0.05) is 12.8 Å². The number of carbonyl (C=O) groups excluding carboxylic acids is 1. The van der Waals surface area contributed by atoms with Crippen molar-refractivity contribution in [2.45, 2.75) is 57.5 Å². The van der Waals surface area contributed by atoms with Crippen LogP contribution in [0, 0.1) is 0 Å². The molecule has 29 heavy (non-hydrogen) atoms. The topological polar surface area (TPSA) is 50.6 Å². The van der Waals surface area contributed by atoms with E-state index in [0.29, 0.717) is 12.6 Å². The van der Waals surface area contributed by atoms with E-state index in [-0.39, 0.29) is 5.91 Å². The largest absolute Gasteiger partial charge is 0.383 e. The summed E-state index contributed by atoms with van der Waals surface area (Å²) in [5, 5.41) is 0. The van der Waals surface area contributed by atoms with Gasteiger partial charge in [-0.25, -0.2) is 4.98 Å². The molecule has 6 heteroatoms. The van der Waals surface area contributed by atoms with Crippen LogP contribution in [0.15, 0.2) is 24.5 Å². The predicted molar refractivity (Wildman–Crippen MR) is 115 cm³/mol. The summed E-state index contributed by atoms with van der Waals surface area (Å²) in [7, 11) is 1.70. The highest BCUT2D eigenvalue weighted by molar-refractivity contribution is 5.97. The quantitative estimate of drug-likeness (QED) is 0.747. The van der Waals surface area contributed by atoms with Crippen molar-refractivity contribution >= 4 is 16.9 Å². The van der Waals surface area contributed by atoms with Crippen molar-refractivity contribution in [3.63, 3.8) is 0 Å². The second-order valence-corrected chi connectivity index (χ2v) is 8.50. The van der Waals surface area contributed by atoms with E-state index in [1.807, 2.05) is 24.5 Å². The third kappa shape index (κ3) is 4.81. The van der Waals surface area contributed by atoms with Crippen LogP contribution in [0.2, 0.25) is 0 Å². The Labute approximate surface area is 173 Å². The summed E-state index contributed by atoms with van der Waals surface area (Å²) < 4.78 is 7.25. The minimum Gasteiger partial charge on any atom is -0.383 e. The molecule has 0 bridgehead atoms. The number of ether oxygens (including phenoxy) is 1. The number of fused-ring (bicyclic) bond motifs is 1. The minimum atomic E-state index is 0.165. The van der Waals surface area contributed by atoms with Crippen LogP contribution >= 0.6 is 0 Å². The molecule has 2 fully saturated rings. The summed E-state index contributed by atoms with van der Waals surface area (Å²) in [6, 6.07) is 6.29. The summed E-state index contributed by atoms with van der Waals surface area (Å²) in [6.07, 6.45) is 10.6. The predicted octanol–water partition coefficient (Wildman–Crippen LogP) is 3.55. The number of likely N-dealkylation sites (tertiary alicyclic amines) is 2. The number of amides is 1. The first kappa shape index (κ1) is 20.4. The third-order valence-corrected chi connectivity index (χ3v) is 6.46. The van der Waals surface area contributed by atoms with Gasteiger partial charge in [0.1, 0.15) is 0 Å². The molecular formula is C23H34N4O2. The second kappa shape index (κ2) is 9.72. The lowest BCUT2D eigenvalue weighted by Gasteiger charge is -2.38. The molecule has 1 amide bonds. The fraction of sp³-hybridized carbons (Fsp3) is 0.652. The van der Waals surface area contributed by atoms with E-state index in [1.54, 1.807) is 7.11 Å². The summed E-state index contributed by atoms with van der Waals surface area (Å²) in [6.45, 7) is 5.69. The number of imidazole rings is 1. The minimum absolute atomic E-state index is 0.165. The molecule has 2 aromatic rings. The fourth-order valence-corrected chi connectivity index (χ4v) is 4.81. The molecule has 1 aromatic carbocycles. The van der Waals surface area contributed by atoms with Gasteiger partial charge in [-0.3, -0.25) is 4.79 Å². The summed E-state index contributed by atoms with van der Waals surface area (Å²) >= 11 is 0. The number of benzene rings is 1. The van der Waals surface area contributed by atoms with E-state index in [1.165, 1.54) is 45.2 Å². The first-order valence-electron chi connectivity index (χ1n) is 11.2. The molecule has 1 atom stereocenters. The standard InChI is InChI=1S/C23H34N4O2/c1-29-15-14-26-18-24-21-16-19(9-10-22(21)26)23(28)27-13-7-4-8-20(27)17-25-11-5-2-3-6-12-25/h9-10,16,18,20H,2-8,11-15,17H2,1H3/t20-/m0/s1. The first-order chi connectivity index (χ1) is 14.3. The summed E-state index contributed by atoms with van der Waals surface area (Å²) in [5.74, 6) is 0.165. The number of hydrogen-bond acceptors (Lipinski definition) is 4. The number of piperidine rings is 1. The molecule has 0 radical (unpaired) electrons. The lowest BCUT2D eigenvalue weighted by atomic mass is 10.00. The highest BCUT2D eigenvalue weighted by Gasteiger charge is 2.29. The van der Waals surface area contributed by atoms with Crippen LogP contribution in [-0.2, 0) is 11.3 Å². The zero-order chi connectivity index (χ0) is 20.1. The number of hydrogen-bond donors (Lipinski definition) is 0. The van der Waals surface area contributed by atoms with Gasteiger partial charge >= 0.3 is 0 Å². The zero-order valence-electron chi connectivity index (χ0n) is 17.7. The second-order valence-electron chi connectivity index (χ2n) is 8.50.